The van der Waals surface area contributed by atoms with Crippen LogP contribution >= 0.6 is 0 Å². The lowest BCUT2D eigenvalue weighted by Gasteiger charge is -2.34. The van der Waals surface area contributed by atoms with E-state index in [1.54, 1.807) is 0 Å². The van der Waals surface area contributed by atoms with Gasteiger partial charge in [0.2, 0.25) is 0 Å². The summed E-state index contributed by atoms with van der Waals surface area (Å²) in [4.78, 5) is 17.3. The molecule has 2 heterocycles. The highest BCUT2D eigenvalue weighted by Gasteiger charge is 2.31. The van der Waals surface area contributed by atoms with Crippen molar-refractivity contribution in [2.75, 3.05) is 52.5 Å². The molecule has 7 heteroatoms. The van der Waals surface area contributed by atoms with E-state index in [4.69, 9.17) is 4.74 Å². The Labute approximate surface area is 151 Å². The minimum atomic E-state index is -4.37. The summed E-state index contributed by atoms with van der Waals surface area (Å²) in [6.45, 7) is 6.97. The highest BCUT2D eigenvalue weighted by Crippen LogP contribution is 2.30. The van der Waals surface area contributed by atoms with Crippen molar-refractivity contribution in [1.29, 1.82) is 0 Å². The number of piperidine rings is 1. The number of halogens is 3. The topological polar surface area (TPSA) is 32.8 Å². The first-order valence-corrected chi connectivity index (χ1v) is 9.17. The van der Waals surface area contributed by atoms with Crippen LogP contribution in [0.3, 0.4) is 0 Å². The lowest BCUT2D eigenvalue weighted by atomic mass is 9.89. The fraction of sp³-hybridized carbons (Fsp3) is 0.632. The summed E-state index contributed by atoms with van der Waals surface area (Å²) in [5.41, 5.74) is -0.345. The normalized spacial score (nSPS) is 23.1. The summed E-state index contributed by atoms with van der Waals surface area (Å²) >= 11 is 0. The van der Waals surface area contributed by atoms with Crippen LogP contribution in [0.25, 0.3) is 0 Å². The van der Waals surface area contributed by atoms with Gasteiger partial charge in [0.05, 0.1) is 18.8 Å². The molecule has 0 amide bonds. The largest absolute Gasteiger partial charge is 0.416 e. The van der Waals surface area contributed by atoms with Gasteiger partial charge in [0, 0.05) is 44.2 Å². The molecule has 1 aromatic carbocycles. The molecule has 3 rings (SSSR count). The van der Waals surface area contributed by atoms with E-state index in [1.807, 2.05) is 0 Å². The maximum absolute atomic E-state index is 12.7. The molecule has 0 saturated carbocycles. The van der Waals surface area contributed by atoms with Gasteiger partial charge in [-0.05, 0) is 31.5 Å². The molecule has 0 unspecified atom stereocenters. The summed E-state index contributed by atoms with van der Waals surface area (Å²) in [7, 11) is 0. The van der Waals surface area contributed by atoms with Crippen molar-refractivity contribution in [3.63, 3.8) is 0 Å². The number of nitrogens with zero attached hydrogens (tertiary/aromatic N) is 2. The van der Waals surface area contributed by atoms with Gasteiger partial charge in [0.1, 0.15) is 0 Å². The highest BCUT2D eigenvalue weighted by atomic mass is 19.4. The second kappa shape index (κ2) is 8.50. The molecule has 4 nitrogen and oxygen atoms in total. The monoisotopic (exact) mass is 370 g/mol. The third-order valence-electron chi connectivity index (χ3n) is 5.21. The quantitative estimate of drug-likeness (QED) is 0.746. The minimum absolute atomic E-state index is 0.0465. The number of morpholine rings is 1. The molecule has 1 aromatic rings. The summed E-state index contributed by atoms with van der Waals surface area (Å²) in [6, 6.07) is 4.59. The van der Waals surface area contributed by atoms with Crippen molar-refractivity contribution in [2.45, 2.75) is 19.0 Å². The Morgan fingerprint density at radius 3 is 2.35 bits per heavy atom. The first kappa shape index (κ1) is 19.3. The Morgan fingerprint density at radius 1 is 1.04 bits per heavy atom. The Balaban J connectivity index is 1.54. The zero-order valence-electron chi connectivity index (χ0n) is 14.8. The lowest BCUT2D eigenvalue weighted by Crippen LogP contribution is -2.45. The van der Waals surface area contributed by atoms with Crippen LogP contribution in [0.5, 0.6) is 0 Å². The molecule has 2 aliphatic heterocycles. The molecule has 0 aliphatic carbocycles. The molecule has 2 saturated heterocycles. The van der Waals surface area contributed by atoms with Gasteiger partial charge in [-0.25, -0.2) is 0 Å². The van der Waals surface area contributed by atoms with Crippen LogP contribution in [0.1, 0.15) is 28.8 Å². The number of Topliss-reactive ketones (excluding diaryl/α,β-unsaturated/α-hetero) is 1. The molecular weight excluding hydrogens is 345 g/mol. The van der Waals surface area contributed by atoms with E-state index in [0.29, 0.717) is 12.1 Å². The zero-order chi connectivity index (χ0) is 18.6. The maximum Gasteiger partial charge on any atom is 0.416 e. The number of rotatable bonds is 5. The molecule has 2 aliphatic rings. The molecule has 0 radical (unpaired) electrons. The molecule has 0 aromatic heterocycles. The van der Waals surface area contributed by atoms with E-state index in [2.05, 4.69) is 9.80 Å². The first-order chi connectivity index (χ1) is 12.4. The van der Waals surface area contributed by atoms with Crippen LogP contribution in [-0.4, -0.2) is 68.1 Å². The van der Waals surface area contributed by atoms with Crippen LogP contribution < -0.4 is 0 Å². The lowest BCUT2D eigenvalue weighted by molar-refractivity contribution is -0.137. The molecule has 0 bridgehead atoms. The molecule has 2 fully saturated rings. The zero-order valence-corrected chi connectivity index (χ0v) is 14.8. The Kier molecular flexibility index (Phi) is 6.32. The standard InChI is InChI=1S/C19H25F3N2O2/c20-19(21,22)17-5-3-15(4-6-17)18(25)16-2-1-7-24(14-16)9-8-23-10-12-26-13-11-23/h3-6,16H,1-2,7-14H2/t16-/m1/s1. The van der Waals surface area contributed by atoms with E-state index in [0.717, 1.165) is 70.9 Å². The average Bonchev–Trinajstić information content (AvgIpc) is 2.66. The SMILES string of the molecule is O=C(c1ccc(C(F)(F)F)cc1)[C@@H]1CCCN(CCN2CCOCC2)C1. The summed E-state index contributed by atoms with van der Waals surface area (Å²) in [6.07, 6.45) is -2.63. The molecule has 144 valence electrons. The van der Waals surface area contributed by atoms with Gasteiger partial charge in [-0.1, -0.05) is 12.1 Å². The molecular formula is C19H25F3N2O2. The number of benzene rings is 1. The number of carbonyl (C=O) groups is 1. The van der Waals surface area contributed by atoms with E-state index in [9.17, 15) is 18.0 Å². The van der Waals surface area contributed by atoms with Gasteiger partial charge in [-0.3, -0.25) is 9.69 Å². The van der Waals surface area contributed by atoms with Gasteiger partial charge in [-0.15, -0.1) is 0 Å². The summed E-state index contributed by atoms with van der Waals surface area (Å²) in [5, 5.41) is 0. The van der Waals surface area contributed by atoms with Crippen LogP contribution in [0.15, 0.2) is 24.3 Å². The number of alkyl halides is 3. The predicted molar refractivity (Wildman–Crippen MR) is 92.2 cm³/mol. The number of likely N-dealkylation sites (tertiary alicyclic amines) is 1. The number of ketones is 1. The van der Waals surface area contributed by atoms with Crippen molar-refractivity contribution in [3.05, 3.63) is 35.4 Å². The van der Waals surface area contributed by atoms with Gasteiger partial charge >= 0.3 is 6.18 Å². The van der Waals surface area contributed by atoms with Crippen LogP contribution in [0, 0.1) is 5.92 Å². The van der Waals surface area contributed by atoms with E-state index in [-0.39, 0.29) is 11.7 Å². The van der Waals surface area contributed by atoms with E-state index >= 15 is 0 Å². The predicted octanol–water partition coefficient (Wildman–Crippen LogP) is 2.93. The maximum atomic E-state index is 12.7. The Bertz CT molecular complexity index is 598. The molecule has 1 atom stereocenters. The van der Waals surface area contributed by atoms with Crippen molar-refractivity contribution in [1.82, 2.24) is 9.80 Å². The summed E-state index contributed by atoms with van der Waals surface area (Å²) in [5.74, 6) is -0.181. The smallest absolute Gasteiger partial charge is 0.379 e. The van der Waals surface area contributed by atoms with Gasteiger partial charge < -0.3 is 9.64 Å². The third kappa shape index (κ3) is 5.05. The van der Waals surface area contributed by atoms with E-state index < -0.39 is 11.7 Å². The van der Waals surface area contributed by atoms with Gasteiger partial charge in [0.25, 0.3) is 0 Å². The average molecular weight is 370 g/mol. The molecule has 0 spiro atoms. The first-order valence-electron chi connectivity index (χ1n) is 9.17. The fourth-order valence-electron chi connectivity index (χ4n) is 3.64. The number of carbonyl (C=O) groups excluding carboxylic acids is 1. The van der Waals surface area contributed by atoms with Crippen LogP contribution in [0.2, 0.25) is 0 Å². The van der Waals surface area contributed by atoms with Crippen molar-refractivity contribution in [3.8, 4) is 0 Å². The Hall–Kier alpha value is -1.44. The number of hydrogen-bond donors (Lipinski definition) is 0. The Morgan fingerprint density at radius 2 is 1.69 bits per heavy atom. The second-order valence-electron chi connectivity index (χ2n) is 7.03. The van der Waals surface area contributed by atoms with Crippen LogP contribution in [-0.2, 0) is 10.9 Å². The van der Waals surface area contributed by atoms with Crippen LogP contribution in [0.4, 0.5) is 13.2 Å². The number of ether oxygens (including phenoxy) is 1. The van der Waals surface area contributed by atoms with Crippen molar-refractivity contribution >= 4 is 5.78 Å². The van der Waals surface area contributed by atoms with Crippen molar-refractivity contribution in [2.24, 2.45) is 5.92 Å². The summed E-state index contributed by atoms with van der Waals surface area (Å²) < 4.78 is 43.3. The third-order valence-corrected chi connectivity index (χ3v) is 5.21. The second-order valence-corrected chi connectivity index (χ2v) is 7.03. The molecule has 0 N–H and O–H groups in total. The van der Waals surface area contributed by atoms with Gasteiger partial charge in [0.15, 0.2) is 5.78 Å². The van der Waals surface area contributed by atoms with Crippen molar-refractivity contribution < 1.29 is 22.7 Å². The highest BCUT2D eigenvalue weighted by molar-refractivity contribution is 5.98. The minimum Gasteiger partial charge on any atom is -0.379 e. The number of hydrogen-bond acceptors (Lipinski definition) is 4. The fourth-order valence-corrected chi connectivity index (χ4v) is 3.64. The van der Waals surface area contributed by atoms with Gasteiger partial charge in [-0.2, -0.15) is 13.2 Å². The molecule has 26 heavy (non-hydrogen) atoms. The van der Waals surface area contributed by atoms with E-state index in [1.165, 1.54) is 12.1 Å².